The van der Waals surface area contributed by atoms with E-state index in [1.807, 2.05) is 12.1 Å². The van der Waals surface area contributed by atoms with Crippen molar-refractivity contribution in [2.45, 2.75) is 0 Å². The van der Waals surface area contributed by atoms with E-state index in [-0.39, 0.29) is 11.3 Å². The smallest absolute Gasteiger partial charge is 0.343 e. The number of nitro benzene ring substituents is 1. The first-order chi connectivity index (χ1) is 12.6. The third-order valence-corrected chi connectivity index (χ3v) is 3.70. The van der Waals surface area contributed by atoms with Gasteiger partial charge in [0.05, 0.1) is 22.1 Å². The van der Waals surface area contributed by atoms with E-state index in [9.17, 15) is 14.9 Å². The molecule has 0 bridgehead atoms. The van der Waals surface area contributed by atoms with Crippen molar-refractivity contribution in [2.24, 2.45) is 0 Å². The molecule has 0 unspecified atom stereocenters. The number of nitro groups is 1. The summed E-state index contributed by atoms with van der Waals surface area (Å²) in [6.45, 7) is 0. The van der Waals surface area contributed by atoms with Crippen LogP contribution in [0.1, 0.15) is 15.9 Å². The van der Waals surface area contributed by atoms with Crippen molar-refractivity contribution in [1.82, 2.24) is 0 Å². The van der Waals surface area contributed by atoms with Crippen molar-refractivity contribution in [1.29, 1.82) is 5.26 Å². The van der Waals surface area contributed by atoms with Gasteiger partial charge in [-0.2, -0.15) is 5.26 Å². The highest BCUT2D eigenvalue weighted by atomic mass is 16.6. The molecule has 3 aromatic rings. The average molecular weight is 344 g/mol. The van der Waals surface area contributed by atoms with Crippen LogP contribution in [-0.4, -0.2) is 10.9 Å². The number of benzene rings is 3. The number of non-ortho nitro benzene ring substituents is 1. The Morgan fingerprint density at radius 1 is 0.962 bits per heavy atom. The minimum Gasteiger partial charge on any atom is -0.423 e. The van der Waals surface area contributed by atoms with Crippen LogP contribution < -0.4 is 4.74 Å². The van der Waals surface area contributed by atoms with Crippen LogP contribution in [0.15, 0.2) is 72.8 Å². The number of nitrogens with zero attached hydrogens (tertiary/aromatic N) is 2. The van der Waals surface area contributed by atoms with Crippen LogP contribution in [0.25, 0.3) is 11.1 Å². The van der Waals surface area contributed by atoms with Gasteiger partial charge in [0.2, 0.25) is 0 Å². The lowest BCUT2D eigenvalue weighted by molar-refractivity contribution is -0.384. The topological polar surface area (TPSA) is 93.2 Å². The monoisotopic (exact) mass is 344 g/mol. The van der Waals surface area contributed by atoms with Gasteiger partial charge < -0.3 is 4.74 Å². The lowest BCUT2D eigenvalue weighted by Crippen LogP contribution is -2.08. The first-order valence-electron chi connectivity index (χ1n) is 7.64. The predicted molar refractivity (Wildman–Crippen MR) is 94.6 cm³/mol. The van der Waals surface area contributed by atoms with E-state index < -0.39 is 10.9 Å². The van der Waals surface area contributed by atoms with Crippen molar-refractivity contribution < 1.29 is 14.5 Å². The van der Waals surface area contributed by atoms with Crippen molar-refractivity contribution in [3.05, 3.63) is 94.0 Å². The molecule has 0 aromatic heterocycles. The molecule has 3 rings (SSSR count). The molecule has 3 aromatic carbocycles. The molecule has 126 valence electrons. The zero-order valence-electron chi connectivity index (χ0n) is 13.5. The molecule has 6 heteroatoms. The molecule has 0 fully saturated rings. The summed E-state index contributed by atoms with van der Waals surface area (Å²) >= 11 is 0. The van der Waals surface area contributed by atoms with Crippen LogP contribution in [-0.2, 0) is 0 Å². The minimum absolute atomic E-state index is 0.107. The van der Waals surface area contributed by atoms with E-state index in [0.717, 1.165) is 11.1 Å². The van der Waals surface area contributed by atoms with Crippen molar-refractivity contribution >= 4 is 11.7 Å². The Hall–Kier alpha value is -3.98. The van der Waals surface area contributed by atoms with Crippen LogP contribution in [0.3, 0.4) is 0 Å². The quantitative estimate of drug-likeness (QED) is 0.303. The summed E-state index contributed by atoms with van der Waals surface area (Å²) in [4.78, 5) is 22.4. The number of ether oxygens (including phenoxy) is 1. The molecule has 0 atom stereocenters. The molecule has 0 radical (unpaired) electrons. The van der Waals surface area contributed by atoms with E-state index in [0.29, 0.717) is 11.3 Å². The number of rotatable bonds is 4. The lowest BCUT2D eigenvalue weighted by Gasteiger charge is -2.06. The Labute approximate surface area is 149 Å². The summed E-state index contributed by atoms with van der Waals surface area (Å²) in [5.74, 6) is -0.335. The second kappa shape index (κ2) is 7.28. The summed E-state index contributed by atoms with van der Waals surface area (Å²) in [5.41, 5.74) is 2.35. The molecule has 0 aliphatic carbocycles. The highest BCUT2D eigenvalue weighted by Gasteiger charge is 2.13. The highest BCUT2D eigenvalue weighted by molar-refractivity contribution is 5.91. The molecule has 6 nitrogen and oxygen atoms in total. The summed E-state index contributed by atoms with van der Waals surface area (Å²) < 4.78 is 5.26. The number of nitriles is 1. The number of esters is 1. The fourth-order valence-electron chi connectivity index (χ4n) is 2.37. The van der Waals surface area contributed by atoms with Crippen molar-refractivity contribution in [3.8, 4) is 22.9 Å². The van der Waals surface area contributed by atoms with Crippen molar-refractivity contribution in [2.75, 3.05) is 0 Å². The van der Waals surface area contributed by atoms with E-state index in [4.69, 9.17) is 10.00 Å². The van der Waals surface area contributed by atoms with Gasteiger partial charge >= 0.3 is 5.97 Å². The Bertz CT molecular complexity index is 1000. The van der Waals surface area contributed by atoms with Gasteiger partial charge in [-0.05, 0) is 41.5 Å². The first kappa shape index (κ1) is 16.9. The van der Waals surface area contributed by atoms with Crippen LogP contribution in [0.5, 0.6) is 5.75 Å². The lowest BCUT2D eigenvalue weighted by atomic mass is 10.0. The predicted octanol–water partition coefficient (Wildman–Crippen LogP) is 4.35. The van der Waals surface area contributed by atoms with Gasteiger partial charge in [-0.25, -0.2) is 4.79 Å². The zero-order chi connectivity index (χ0) is 18.5. The Morgan fingerprint density at radius 2 is 1.58 bits per heavy atom. The number of hydrogen-bond donors (Lipinski definition) is 0. The summed E-state index contributed by atoms with van der Waals surface area (Å²) in [5, 5.41) is 19.6. The fraction of sp³-hybridized carbons (Fsp3) is 0. The van der Waals surface area contributed by atoms with Crippen LogP contribution in [0, 0.1) is 21.4 Å². The van der Waals surface area contributed by atoms with Gasteiger partial charge in [0.25, 0.3) is 5.69 Å². The number of hydrogen-bond acceptors (Lipinski definition) is 5. The first-order valence-corrected chi connectivity index (χ1v) is 7.64. The third kappa shape index (κ3) is 3.74. The fourth-order valence-corrected chi connectivity index (χ4v) is 2.37. The van der Waals surface area contributed by atoms with Gasteiger partial charge in [0, 0.05) is 12.1 Å². The molecule has 0 spiro atoms. The van der Waals surface area contributed by atoms with Gasteiger partial charge in [-0.3, -0.25) is 10.1 Å². The van der Waals surface area contributed by atoms with Gasteiger partial charge in [-0.1, -0.05) is 30.3 Å². The molecular formula is C20H12N2O4. The third-order valence-electron chi connectivity index (χ3n) is 3.70. The molecule has 0 heterocycles. The molecule has 0 aliphatic rings. The molecule has 0 saturated heterocycles. The van der Waals surface area contributed by atoms with E-state index >= 15 is 0 Å². The minimum atomic E-state index is -0.667. The Kier molecular flexibility index (Phi) is 4.72. The van der Waals surface area contributed by atoms with Crippen LogP contribution >= 0.6 is 0 Å². The highest BCUT2D eigenvalue weighted by Crippen LogP contribution is 2.23. The average Bonchev–Trinajstić information content (AvgIpc) is 2.68. The zero-order valence-corrected chi connectivity index (χ0v) is 13.5. The van der Waals surface area contributed by atoms with Crippen LogP contribution in [0.4, 0.5) is 5.69 Å². The Balaban J connectivity index is 1.74. The second-order valence-electron chi connectivity index (χ2n) is 5.41. The Morgan fingerprint density at radius 3 is 2.15 bits per heavy atom. The molecule has 0 saturated carbocycles. The number of carbonyl (C=O) groups is 1. The molecule has 0 aliphatic heterocycles. The van der Waals surface area contributed by atoms with Gasteiger partial charge in [-0.15, -0.1) is 0 Å². The van der Waals surface area contributed by atoms with Crippen LogP contribution in [0.2, 0.25) is 0 Å². The summed E-state index contributed by atoms with van der Waals surface area (Å²) in [6.07, 6.45) is 0. The summed E-state index contributed by atoms with van der Waals surface area (Å²) in [7, 11) is 0. The maximum absolute atomic E-state index is 12.1. The summed E-state index contributed by atoms with van der Waals surface area (Å²) in [6, 6.07) is 21.4. The standard InChI is InChI=1S/C20H12N2O4/c21-13-14-4-6-15(7-5-14)16-8-10-19(11-9-16)26-20(23)17-2-1-3-18(12-17)22(24)25/h1-12H. The molecule has 26 heavy (non-hydrogen) atoms. The van der Waals surface area contributed by atoms with E-state index in [2.05, 4.69) is 6.07 Å². The van der Waals surface area contributed by atoms with E-state index in [1.54, 1.807) is 36.4 Å². The van der Waals surface area contributed by atoms with Gasteiger partial charge in [0.1, 0.15) is 5.75 Å². The maximum atomic E-state index is 12.1. The van der Waals surface area contributed by atoms with Crippen molar-refractivity contribution in [3.63, 3.8) is 0 Å². The normalized spacial score (nSPS) is 9.96. The maximum Gasteiger partial charge on any atom is 0.343 e. The molecule has 0 amide bonds. The largest absolute Gasteiger partial charge is 0.423 e. The molecular weight excluding hydrogens is 332 g/mol. The number of carbonyl (C=O) groups excluding carboxylic acids is 1. The van der Waals surface area contributed by atoms with Gasteiger partial charge in [0.15, 0.2) is 0 Å². The second-order valence-corrected chi connectivity index (χ2v) is 5.41. The SMILES string of the molecule is N#Cc1ccc(-c2ccc(OC(=O)c3cccc([N+](=O)[O-])c3)cc2)cc1. The molecule has 0 N–H and O–H groups in total. The van der Waals surface area contributed by atoms with E-state index in [1.165, 1.54) is 24.3 Å².